The molecule has 0 aromatic carbocycles. The van der Waals surface area contributed by atoms with Crippen LogP contribution in [0.1, 0.15) is 59.8 Å². The molecule has 44 heavy (non-hydrogen) atoms. The van der Waals surface area contributed by atoms with Crippen LogP contribution >= 0.6 is 0 Å². The number of carbonyl (C=O) groups excluding carboxylic acids is 4. The Labute approximate surface area is 253 Å². The van der Waals surface area contributed by atoms with Crippen LogP contribution in [0.15, 0.2) is 23.8 Å². The summed E-state index contributed by atoms with van der Waals surface area (Å²) in [5, 5.41) is 23.3. The molecular weight excluding hydrogens is 583 g/mol. The fraction of sp³-hybridized carbons (Fsp3) is 0.733. The average molecular weight is 623 g/mol. The number of carbonyl (C=O) groups is 4. The van der Waals surface area contributed by atoms with Crippen molar-refractivity contribution < 1.29 is 52.8 Å². The highest BCUT2D eigenvalue weighted by molar-refractivity contribution is 6.01. The molecule has 0 unspecified atom stereocenters. The number of fused-ring (bicyclic) bond motifs is 7. The van der Waals surface area contributed by atoms with E-state index in [0.29, 0.717) is 12.0 Å². The molecule has 2 N–H and O–H groups in total. The van der Waals surface area contributed by atoms with Crippen LogP contribution in [0.3, 0.4) is 0 Å². The first-order chi connectivity index (χ1) is 20.5. The van der Waals surface area contributed by atoms with Crippen molar-refractivity contribution in [1.82, 2.24) is 5.32 Å². The smallest absolute Gasteiger partial charge is 0.325 e. The fourth-order valence-electron chi connectivity index (χ4n) is 8.87. The number of hydrogen-bond acceptors (Lipinski definition) is 11. The first-order valence-electron chi connectivity index (χ1n) is 14.9. The van der Waals surface area contributed by atoms with E-state index in [-0.39, 0.29) is 49.9 Å². The van der Waals surface area contributed by atoms with Crippen LogP contribution in [0.2, 0.25) is 0 Å². The minimum Gasteiger partial charge on any atom is -0.456 e. The zero-order valence-corrected chi connectivity index (χ0v) is 25.2. The first kappa shape index (κ1) is 32.2. The Kier molecular flexibility index (Phi) is 8.25. The zero-order chi connectivity index (χ0) is 32.2. The van der Waals surface area contributed by atoms with E-state index in [1.165, 1.54) is 12.2 Å². The lowest BCUT2D eigenvalue weighted by Crippen LogP contribution is -2.64. The van der Waals surface area contributed by atoms with E-state index in [0.717, 1.165) is 0 Å². The number of allylic oxidation sites excluding steroid dienone is 4. The maximum absolute atomic E-state index is 15.8. The molecule has 5 aliphatic rings. The normalized spacial score (nSPS) is 39.7. The van der Waals surface area contributed by atoms with Crippen LogP contribution in [0.5, 0.6) is 0 Å². The number of ketones is 2. The average Bonchev–Trinajstić information content (AvgIpc) is 3.34. The molecule has 242 valence electrons. The molecule has 1 aliphatic heterocycles. The van der Waals surface area contributed by atoms with E-state index in [4.69, 9.17) is 14.2 Å². The Bertz CT molecular complexity index is 1320. The number of alkyl halides is 1. The monoisotopic (exact) mass is 622 g/mol. The molecule has 4 aliphatic carbocycles. The Morgan fingerprint density at radius 3 is 2.66 bits per heavy atom. The van der Waals surface area contributed by atoms with Gasteiger partial charge in [0.1, 0.15) is 12.7 Å². The molecule has 0 aromatic heterocycles. The summed E-state index contributed by atoms with van der Waals surface area (Å²) < 4.78 is 33.7. The van der Waals surface area contributed by atoms with Crippen molar-refractivity contribution in [2.75, 3.05) is 19.8 Å². The van der Waals surface area contributed by atoms with Gasteiger partial charge in [-0.3, -0.25) is 19.2 Å². The SMILES string of the molecule is CC1(C)O[C@@H]2C[C@H]3[C@@H]4C[C@H](F)C5=CC(=O)C=C[C@]5(C)[C@H]4[C@@H](O)C[C@]3(C)[C@@]2(C(=O)COC(=O)CNC(=O)CCCO[N+](=O)[O-])O1. The first-order valence-corrected chi connectivity index (χ1v) is 14.9. The molecule has 1 amide bonds. The molecule has 0 bridgehead atoms. The van der Waals surface area contributed by atoms with Gasteiger partial charge in [0.25, 0.3) is 5.09 Å². The Morgan fingerprint density at radius 2 is 1.95 bits per heavy atom. The molecule has 0 spiro atoms. The van der Waals surface area contributed by atoms with E-state index < -0.39 is 82.4 Å². The van der Waals surface area contributed by atoms with Gasteiger partial charge in [-0.15, -0.1) is 10.1 Å². The van der Waals surface area contributed by atoms with Gasteiger partial charge in [0.05, 0.1) is 18.8 Å². The molecule has 0 radical (unpaired) electrons. The highest BCUT2D eigenvalue weighted by atomic mass is 19.1. The van der Waals surface area contributed by atoms with E-state index in [1.807, 2.05) is 13.8 Å². The van der Waals surface area contributed by atoms with Crippen LogP contribution in [-0.4, -0.2) is 83.2 Å². The Morgan fingerprint density at radius 1 is 1.23 bits per heavy atom. The zero-order valence-electron chi connectivity index (χ0n) is 25.2. The van der Waals surface area contributed by atoms with Crippen LogP contribution < -0.4 is 5.32 Å². The minimum atomic E-state index is -1.59. The van der Waals surface area contributed by atoms with Crippen LogP contribution in [0.25, 0.3) is 0 Å². The summed E-state index contributed by atoms with van der Waals surface area (Å²) in [5.41, 5.74) is -3.09. The molecule has 14 heteroatoms. The quantitative estimate of drug-likeness (QED) is 0.157. The second kappa shape index (κ2) is 11.3. The van der Waals surface area contributed by atoms with Gasteiger partial charge in [0.15, 0.2) is 23.8 Å². The van der Waals surface area contributed by atoms with Gasteiger partial charge >= 0.3 is 5.97 Å². The van der Waals surface area contributed by atoms with E-state index in [9.17, 15) is 34.4 Å². The number of ether oxygens (including phenoxy) is 3. The van der Waals surface area contributed by atoms with Crippen molar-refractivity contribution in [1.29, 1.82) is 0 Å². The number of hydrogen-bond donors (Lipinski definition) is 2. The largest absolute Gasteiger partial charge is 0.456 e. The maximum atomic E-state index is 15.8. The molecular formula is C30H39FN2O11. The summed E-state index contributed by atoms with van der Waals surface area (Å²) in [4.78, 5) is 64.9. The molecule has 1 saturated heterocycles. The standard InChI is InChI=1S/C30H39FN2O11/c1-27(2)43-23-12-18-17-11-20(31)19-10-16(34)7-8-28(19,3)26(17)21(35)13-29(18,4)30(23,44-27)22(36)15-41-25(38)14-32-24(37)6-5-9-42-33(39)40/h7-8,10,17-18,20-21,23,26,35H,5-6,9,11-15H2,1-4H3,(H,32,37)/t17-,18-,20-,21-,23+,26+,28-,29-,30-/m0/s1. The number of nitrogens with one attached hydrogen (secondary N) is 1. The summed E-state index contributed by atoms with van der Waals surface area (Å²) in [6.07, 6.45) is 1.92. The van der Waals surface area contributed by atoms with Crippen LogP contribution in [-0.2, 0) is 38.2 Å². The number of Topliss-reactive ketones (excluding diaryl/α,β-unsaturated/α-hetero) is 1. The fourth-order valence-corrected chi connectivity index (χ4v) is 8.87. The lowest BCUT2D eigenvalue weighted by Gasteiger charge is -2.60. The second-order valence-corrected chi connectivity index (χ2v) is 13.4. The number of rotatable bonds is 10. The number of aliphatic hydroxyl groups is 1. The Hall–Kier alpha value is -3.23. The summed E-state index contributed by atoms with van der Waals surface area (Å²) in [6, 6.07) is 0. The third kappa shape index (κ3) is 5.24. The number of amides is 1. The predicted octanol–water partition coefficient (Wildman–Crippen LogP) is 1.93. The van der Waals surface area contributed by atoms with Gasteiger partial charge in [-0.2, -0.15) is 0 Å². The van der Waals surface area contributed by atoms with Gasteiger partial charge < -0.3 is 29.5 Å². The molecule has 4 fully saturated rings. The highest BCUT2D eigenvalue weighted by Gasteiger charge is 2.77. The number of aliphatic hydroxyl groups excluding tert-OH is 1. The number of nitrogens with zero attached hydrogens (tertiary/aromatic N) is 1. The van der Waals surface area contributed by atoms with Crippen molar-refractivity contribution in [3.63, 3.8) is 0 Å². The Balaban J connectivity index is 1.31. The van der Waals surface area contributed by atoms with Crippen molar-refractivity contribution in [3.8, 4) is 0 Å². The van der Waals surface area contributed by atoms with Crippen molar-refractivity contribution in [2.45, 2.75) is 89.6 Å². The van der Waals surface area contributed by atoms with Gasteiger partial charge in [-0.1, -0.05) is 19.9 Å². The van der Waals surface area contributed by atoms with Crippen LogP contribution in [0, 0.1) is 38.7 Å². The topological polar surface area (TPSA) is 181 Å². The second-order valence-electron chi connectivity index (χ2n) is 13.4. The van der Waals surface area contributed by atoms with Gasteiger partial charge in [-0.25, -0.2) is 4.39 Å². The third-order valence-corrected chi connectivity index (χ3v) is 10.4. The number of halogens is 1. The van der Waals surface area contributed by atoms with Crippen molar-refractivity contribution in [3.05, 3.63) is 33.9 Å². The molecule has 13 nitrogen and oxygen atoms in total. The third-order valence-electron chi connectivity index (χ3n) is 10.4. The maximum Gasteiger partial charge on any atom is 0.325 e. The summed E-state index contributed by atoms with van der Waals surface area (Å²) >= 11 is 0. The van der Waals surface area contributed by atoms with Crippen molar-refractivity contribution in [2.24, 2.45) is 28.6 Å². The van der Waals surface area contributed by atoms with Crippen molar-refractivity contribution >= 4 is 23.4 Å². The molecule has 3 saturated carbocycles. The lowest BCUT2D eigenvalue weighted by molar-refractivity contribution is -0.757. The van der Waals surface area contributed by atoms with E-state index in [1.54, 1.807) is 19.9 Å². The molecule has 5 rings (SSSR count). The molecule has 1 heterocycles. The van der Waals surface area contributed by atoms with Gasteiger partial charge in [0, 0.05) is 23.2 Å². The minimum absolute atomic E-state index is 0.0686. The van der Waals surface area contributed by atoms with Crippen LogP contribution in [0.4, 0.5) is 4.39 Å². The lowest BCUT2D eigenvalue weighted by atomic mass is 9.46. The molecule has 9 atom stereocenters. The van der Waals surface area contributed by atoms with E-state index >= 15 is 4.39 Å². The summed E-state index contributed by atoms with van der Waals surface area (Å²) in [6.45, 7) is 5.60. The number of esters is 1. The van der Waals surface area contributed by atoms with Gasteiger partial charge in [-0.05, 0) is 69.1 Å². The summed E-state index contributed by atoms with van der Waals surface area (Å²) in [5.74, 6) is -4.44. The van der Waals surface area contributed by atoms with E-state index in [2.05, 4.69) is 10.2 Å². The highest BCUT2D eigenvalue weighted by Crippen LogP contribution is 2.70. The summed E-state index contributed by atoms with van der Waals surface area (Å²) in [7, 11) is 0. The molecule has 0 aromatic rings. The van der Waals surface area contributed by atoms with Gasteiger partial charge in [0.2, 0.25) is 11.7 Å². The predicted molar refractivity (Wildman–Crippen MR) is 148 cm³/mol.